The number of pyridine rings is 1. The zero-order chi connectivity index (χ0) is 21.1. The molecule has 3 aliphatic heterocycles. The van der Waals surface area contributed by atoms with Crippen molar-refractivity contribution in [2.75, 3.05) is 57.3 Å². The van der Waals surface area contributed by atoms with Crippen molar-refractivity contribution in [2.45, 2.75) is 25.7 Å². The van der Waals surface area contributed by atoms with Crippen LogP contribution in [0.3, 0.4) is 0 Å². The van der Waals surface area contributed by atoms with Crippen molar-refractivity contribution in [3.63, 3.8) is 0 Å². The van der Waals surface area contributed by atoms with Crippen LogP contribution in [-0.4, -0.2) is 88.9 Å². The van der Waals surface area contributed by atoms with Crippen LogP contribution in [0.2, 0.25) is 0 Å². The minimum atomic E-state index is -0.512. The molecule has 1 atom stereocenters. The highest BCUT2D eigenvalue weighted by Crippen LogP contribution is 2.23. The van der Waals surface area contributed by atoms with Gasteiger partial charge in [0.1, 0.15) is 0 Å². The zero-order valence-electron chi connectivity index (χ0n) is 17.1. The van der Waals surface area contributed by atoms with E-state index in [9.17, 15) is 19.7 Å². The van der Waals surface area contributed by atoms with Crippen molar-refractivity contribution in [2.24, 2.45) is 5.92 Å². The first-order valence-electron chi connectivity index (χ1n) is 10.7. The third-order valence-corrected chi connectivity index (χ3v) is 6.29. The van der Waals surface area contributed by atoms with Gasteiger partial charge in [-0.3, -0.25) is 4.79 Å². The van der Waals surface area contributed by atoms with E-state index in [4.69, 9.17) is 0 Å². The van der Waals surface area contributed by atoms with E-state index in [1.54, 1.807) is 6.07 Å². The highest BCUT2D eigenvalue weighted by atomic mass is 16.6. The average Bonchev–Trinajstić information content (AvgIpc) is 3.33. The minimum Gasteiger partial charge on any atom is -0.365 e. The van der Waals surface area contributed by atoms with Crippen LogP contribution < -0.4 is 4.90 Å². The van der Waals surface area contributed by atoms with Crippen LogP contribution >= 0.6 is 0 Å². The molecule has 0 radical (unpaired) electrons. The Balaban J connectivity index is 1.30. The Labute approximate surface area is 175 Å². The number of hydrogen-bond acceptors (Lipinski definition) is 6. The van der Waals surface area contributed by atoms with Crippen molar-refractivity contribution in [1.29, 1.82) is 0 Å². The summed E-state index contributed by atoms with van der Waals surface area (Å²) in [6.45, 7) is 5.43. The predicted octanol–water partition coefficient (Wildman–Crippen LogP) is 1.57. The lowest BCUT2D eigenvalue weighted by molar-refractivity contribution is -0.389. The van der Waals surface area contributed by atoms with Crippen molar-refractivity contribution >= 4 is 23.4 Å². The van der Waals surface area contributed by atoms with E-state index < -0.39 is 4.92 Å². The molecule has 0 saturated carbocycles. The first-order valence-corrected chi connectivity index (χ1v) is 10.7. The maximum Gasteiger partial charge on any atom is 0.363 e. The number of piperidine rings is 1. The lowest BCUT2D eigenvalue weighted by Gasteiger charge is -2.40. The van der Waals surface area contributed by atoms with Gasteiger partial charge in [-0.1, -0.05) is 0 Å². The number of nitrogens with zero attached hydrogens (tertiary/aromatic N) is 6. The predicted molar refractivity (Wildman–Crippen MR) is 110 cm³/mol. The SMILES string of the molecule is O=C([C@@H]1CCCN(C(=O)N2CCCC2)C1)N1CCN(c2ccc([N+](=O)[O-])nc2)CC1. The van der Waals surface area contributed by atoms with Gasteiger partial charge >= 0.3 is 11.8 Å². The maximum absolute atomic E-state index is 13.1. The van der Waals surface area contributed by atoms with E-state index in [0.717, 1.165) is 51.0 Å². The van der Waals surface area contributed by atoms with E-state index >= 15 is 0 Å². The van der Waals surface area contributed by atoms with Gasteiger partial charge in [-0.15, -0.1) is 0 Å². The van der Waals surface area contributed by atoms with Gasteiger partial charge in [-0.2, -0.15) is 0 Å². The molecule has 10 heteroatoms. The number of likely N-dealkylation sites (tertiary alicyclic amines) is 2. The number of carbonyl (C=O) groups is 2. The summed E-state index contributed by atoms with van der Waals surface area (Å²) in [5.74, 6) is -0.161. The van der Waals surface area contributed by atoms with Crippen molar-refractivity contribution in [3.8, 4) is 0 Å². The summed E-state index contributed by atoms with van der Waals surface area (Å²) in [5, 5.41) is 10.8. The molecule has 10 nitrogen and oxygen atoms in total. The van der Waals surface area contributed by atoms with E-state index in [1.807, 2.05) is 14.7 Å². The number of carbonyl (C=O) groups excluding carboxylic acids is 2. The molecule has 0 aliphatic carbocycles. The summed E-state index contributed by atoms with van der Waals surface area (Å²) < 4.78 is 0. The molecule has 3 fully saturated rings. The minimum absolute atomic E-state index is 0.0838. The molecule has 3 amide bonds. The number of hydrogen-bond donors (Lipinski definition) is 0. The highest BCUT2D eigenvalue weighted by Gasteiger charge is 2.34. The Morgan fingerprint density at radius 1 is 0.933 bits per heavy atom. The normalized spacial score (nSPS) is 22.3. The summed E-state index contributed by atoms with van der Waals surface area (Å²) in [5.41, 5.74) is 0.827. The maximum atomic E-state index is 13.1. The molecule has 1 aromatic rings. The van der Waals surface area contributed by atoms with Crippen LogP contribution in [0.5, 0.6) is 0 Å². The van der Waals surface area contributed by atoms with E-state index in [0.29, 0.717) is 32.7 Å². The highest BCUT2D eigenvalue weighted by molar-refractivity contribution is 5.81. The van der Waals surface area contributed by atoms with Crippen LogP contribution in [-0.2, 0) is 4.79 Å². The molecule has 0 unspecified atom stereocenters. The van der Waals surface area contributed by atoms with Crippen molar-refractivity contribution < 1.29 is 14.5 Å². The van der Waals surface area contributed by atoms with Crippen LogP contribution in [0.4, 0.5) is 16.3 Å². The van der Waals surface area contributed by atoms with Crippen molar-refractivity contribution in [3.05, 3.63) is 28.4 Å². The van der Waals surface area contributed by atoms with Gasteiger partial charge in [0.15, 0.2) is 6.20 Å². The fraction of sp³-hybridized carbons (Fsp3) is 0.650. The fourth-order valence-corrected chi connectivity index (χ4v) is 4.58. The fourth-order valence-electron chi connectivity index (χ4n) is 4.58. The van der Waals surface area contributed by atoms with Gasteiger partial charge in [0.05, 0.1) is 11.6 Å². The quantitative estimate of drug-likeness (QED) is 0.547. The largest absolute Gasteiger partial charge is 0.365 e. The third kappa shape index (κ3) is 4.31. The molecule has 3 aliphatic rings. The Bertz CT molecular complexity index is 787. The molecule has 4 heterocycles. The molecule has 0 N–H and O–H groups in total. The average molecular weight is 416 g/mol. The Morgan fingerprint density at radius 2 is 1.63 bits per heavy atom. The van der Waals surface area contributed by atoms with E-state index in [2.05, 4.69) is 9.88 Å². The van der Waals surface area contributed by atoms with Gasteiger partial charge in [0.2, 0.25) is 5.91 Å². The van der Waals surface area contributed by atoms with Gasteiger partial charge < -0.3 is 29.7 Å². The monoisotopic (exact) mass is 416 g/mol. The molecule has 0 bridgehead atoms. The molecule has 0 spiro atoms. The van der Waals surface area contributed by atoms with Gasteiger partial charge in [0.25, 0.3) is 0 Å². The topological polar surface area (TPSA) is 103 Å². The molecule has 30 heavy (non-hydrogen) atoms. The molecule has 3 saturated heterocycles. The van der Waals surface area contributed by atoms with Gasteiger partial charge in [-0.05, 0) is 41.7 Å². The Kier molecular flexibility index (Phi) is 6.01. The number of rotatable bonds is 3. The molecule has 162 valence electrons. The van der Waals surface area contributed by atoms with Crippen LogP contribution in [0.25, 0.3) is 0 Å². The second-order valence-electron chi connectivity index (χ2n) is 8.21. The number of amides is 3. The molecule has 1 aromatic heterocycles. The number of nitro groups is 1. The Morgan fingerprint density at radius 3 is 2.27 bits per heavy atom. The summed E-state index contributed by atoms with van der Waals surface area (Å²) in [4.78, 5) is 47.6. The Hall–Kier alpha value is -2.91. The lowest BCUT2D eigenvalue weighted by atomic mass is 9.96. The second-order valence-corrected chi connectivity index (χ2v) is 8.21. The number of anilines is 1. The lowest BCUT2D eigenvalue weighted by Crippen LogP contribution is -2.54. The zero-order valence-corrected chi connectivity index (χ0v) is 17.1. The second kappa shape index (κ2) is 8.85. The molecular formula is C20H28N6O4. The third-order valence-electron chi connectivity index (χ3n) is 6.29. The van der Waals surface area contributed by atoms with E-state index in [1.165, 1.54) is 12.3 Å². The standard InChI is InChI=1S/C20H28N6O4/c27-19(16-4-3-9-25(15-16)20(28)24-7-1-2-8-24)23-12-10-22(11-13-23)17-5-6-18(21-14-17)26(29)30/h5-6,14,16H,1-4,7-13,15H2/t16-/m1/s1. The summed E-state index contributed by atoms with van der Waals surface area (Å²) >= 11 is 0. The van der Waals surface area contributed by atoms with Crippen LogP contribution in [0.1, 0.15) is 25.7 Å². The first-order chi connectivity index (χ1) is 14.5. The van der Waals surface area contributed by atoms with Crippen LogP contribution in [0.15, 0.2) is 18.3 Å². The summed E-state index contributed by atoms with van der Waals surface area (Å²) in [6, 6.07) is 3.19. The molecule has 0 aromatic carbocycles. The van der Waals surface area contributed by atoms with Gasteiger partial charge in [0, 0.05) is 58.4 Å². The number of aromatic nitrogens is 1. The molecule has 4 rings (SSSR count). The number of piperazine rings is 1. The summed E-state index contributed by atoms with van der Waals surface area (Å²) in [6.07, 6.45) is 5.34. The number of urea groups is 1. The summed E-state index contributed by atoms with van der Waals surface area (Å²) in [7, 11) is 0. The van der Waals surface area contributed by atoms with Gasteiger partial charge in [-0.25, -0.2) is 4.79 Å². The first kappa shape index (κ1) is 20.4. The van der Waals surface area contributed by atoms with Crippen molar-refractivity contribution in [1.82, 2.24) is 19.7 Å². The van der Waals surface area contributed by atoms with Crippen LogP contribution in [0, 0.1) is 16.0 Å². The smallest absolute Gasteiger partial charge is 0.363 e. The molecular weight excluding hydrogens is 388 g/mol. The van der Waals surface area contributed by atoms with E-state index in [-0.39, 0.29) is 23.7 Å².